The molecule has 4 rings (SSSR count). The van der Waals surface area contributed by atoms with Gasteiger partial charge in [-0.3, -0.25) is 4.79 Å². The lowest BCUT2D eigenvalue weighted by Gasteiger charge is -2.24. The normalized spacial score (nSPS) is 12.0. The molecule has 0 aliphatic rings. The van der Waals surface area contributed by atoms with Crippen molar-refractivity contribution in [1.29, 1.82) is 0 Å². The van der Waals surface area contributed by atoms with Crippen molar-refractivity contribution < 1.29 is 14.1 Å². The van der Waals surface area contributed by atoms with Gasteiger partial charge in [0.1, 0.15) is 11.5 Å². The van der Waals surface area contributed by atoms with Crippen LogP contribution in [-0.2, 0) is 11.2 Å². The van der Waals surface area contributed by atoms with E-state index in [0.29, 0.717) is 12.5 Å². The Hall–Kier alpha value is -3.86. The lowest BCUT2D eigenvalue weighted by atomic mass is 9.86. The number of hydrogen-bond acceptors (Lipinski definition) is 4. The summed E-state index contributed by atoms with van der Waals surface area (Å²) < 4.78 is 11.2. The molecule has 1 heterocycles. The van der Waals surface area contributed by atoms with Gasteiger partial charge in [0.2, 0.25) is 5.91 Å². The number of rotatable bonds is 9. The molecule has 1 N–H and O–H groups in total. The molecule has 1 aromatic heterocycles. The van der Waals surface area contributed by atoms with Crippen molar-refractivity contribution in [3.05, 3.63) is 106 Å². The predicted octanol–water partition coefficient (Wildman–Crippen LogP) is 7.24. The van der Waals surface area contributed by atoms with Gasteiger partial charge in [-0.15, -0.1) is 0 Å². The SMILES string of the molecule is CC(=O)NC(c1ccc(OCCc2c(C)noc2C)cc1)c1cccc(-c2ccccc2C(C)C)c1C. The van der Waals surface area contributed by atoms with E-state index in [1.54, 1.807) is 6.92 Å². The first kappa shape index (κ1) is 26.2. The molecule has 0 bridgehead atoms. The molecule has 192 valence electrons. The number of aromatic nitrogens is 1. The highest BCUT2D eigenvalue weighted by Gasteiger charge is 2.20. The summed E-state index contributed by atoms with van der Waals surface area (Å²) in [4.78, 5) is 12.2. The fourth-order valence-corrected chi connectivity index (χ4v) is 4.93. The van der Waals surface area contributed by atoms with Gasteiger partial charge in [-0.1, -0.05) is 73.6 Å². The zero-order valence-corrected chi connectivity index (χ0v) is 22.6. The second-order valence-electron chi connectivity index (χ2n) is 9.87. The molecule has 0 spiro atoms. The van der Waals surface area contributed by atoms with Crippen LogP contribution in [0.3, 0.4) is 0 Å². The number of hydrogen-bond donors (Lipinski definition) is 1. The molecule has 37 heavy (non-hydrogen) atoms. The Morgan fingerprint density at radius 1 is 0.919 bits per heavy atom. The summed E-state index contributed by atoms with van der Waals surface area (Å²) in [6.07, 6.45) is 0.737. The zero-order valence-electron chi connectivity index (χ0n) is 22.6. The van der Waals surface area contributed by atoms with Crippen molar-refractivity contribution in [2.45, 2.75) is 59.9 Å². The van der Waals surface area contributed by atoms with Crippen molar-refractivity contribution in [3.8, 4) is 16.9 Å². The number of amides is 1. The smallest absolute Gasteiger partial charge is 0.217 e. The van der Waals surface area contributed by atoms with Gasteiger partial charge in [-0.05, 0) is 72.2 Å². The van der Waals surface area contributed by atoms with E-state index in [9.17, 15) is 4.79 Å². The Morgan fingerprint density at radius 2 is 1.59 bits per heavy atom. The Kier molecular flexibility index (Phi) is 8.12. The molecule has 4 aromatic rings. The molecule has 0 radical (unpaired) electrons. The Bertz CT molecular complexity index is 1350. The number of nitrogens with one attached hydrogen (secondary N) is 1. The summed E-state index contributed by atoms with van der Waals surface area (Å²) in [6, 6.07) is 22.6. The molecule has 1 atom stereocenters. The number of carbonyl (C=O) groups excluding carboxylic acids is 1. The Labute approximate surface area is 219 Å². The quantitative estimate of drug-likeness (QED) is 0.265. The average molecular weight is 497 g/mol. The van der Waals surface area contributed by atoms with E-state index < -0.39 is 0 Å². The summed E-state index contributed by atoms with van der Waals surface area (Å²) in [5.41, 5.74) is 8.99. The molecule has 0 saturated heterocycles. The van der Waals surface area contributed by atoms with Gasteiger partial charge in [0.15, 0.2) is 0 Å². The molecule has 0 aliphatic heterocycles. The minimum Gasteiger partial charge on any atom is -0.493 e. The van der Waals surface area contributed by atoms with Crippen molar-refractivity contribution in [3.63, 3.8) is 0 Å². The third-order valence-electron chi connectivity index (χ3n) is 6.92. The molecule has 1 amide bonds. The number of nitrogens with zero attached hydrogens (tertiary/aromatic N) is 1. The first-order chi connectivity index (χ1) is 17.8. The second-order valence-corrected chi connectivity index (χ2v) is 9.87. The molecule has 0 saturated carbocycles. The maximum atomic E-state index is 12.2. The first-order valence-electron chi connectivity index (χ1n) is 12.9. The summed E-state index contributed by atoms with van der Waals surface area (Å²) in [5.74, 6) is 1.96. The van der Waals surface area contributed by atoms with Crippen molar-refractivity contribution >= 4 is 5.91 Å². The minimum atomic E-state index is -0.264. The fraction of sp³-hybridized carbons (Fsp3) is 0.312. The summed E-state index contributed by atoms with van der Waals surface area (Å²) in [7, 11) is 0. The van der Waals surface area contributed by atoms with E-state index in [1.807, 2.05) is 38.1 Å². The lowest BCUT2D eigenvalue weighted by Crippen LogP contribution is -2.27. The van der Waals surface area contributed by atoms with Crippen LogP contribution in [0.2, 0.25) is 0 Å². The molecule has 0 fully saturated rings. The van der Waals surface area contributed by atoms with E-state index in [2.05, 4.69) is 73.7 Å². The third-order valence-corrected chi connectivity index (χ3v) is 6.92. The van der Waals surface area contributed by atoms with Crippen LogP contribution in [0.5, 0.6) is 5.75 Å². The van der Waals surface area contributed by atoms with Crippen molar-refractivity contribution in [2.75, 3.05) is 6.61 Å². The van der Waals surface area contributed by atoms with Crippen LogP contribution in [0.1, 0.15) is 72.0 Å². The first-order valence-corrected chi connectivity index (χ1v) is 12.9. The van der Waals surface area contributed by atoms with Crippen LogP contribution < -0.4 is 10.1 Å². The van der Waals surface area contributed by atoms with E-state index in [1.165, 1.54) is 16.7 Å². The Morgan fingerprint density at radius 3 is 2.24 bits per heavy atom. The topological polar surface area (TPSA) is 64.4 Å². The third kappa shape index (κ3) is 5.93. The molecule has 1 unspecified atom stereocenters. The molecular formula is C32H36N2O3. The van der Waals surface area contributed by atoms with Crippen LogP contribution in [0.4, 0.5) is 0 Å². The van der Waals surface area contributed by atoms with E-state index in [-0.39, 0.29) is 11.9 Å². The van der Waals surface area contributed by atoms with E-state index in [4.69, 9.17) is 9.26 Å². The molecule has 3 aromatic carbocycles. The van der Waals surface area contributed by atoms with Crippen LogP contribution >= 0.6 is 0 Å². The highest BCUT2D eigenvalue weighted by Crippen LogP contribution is 2.36. The van der Waals surface area contributed by atoms with Crippen LogP contribution in [0, 0.1) is 20.8 Å². The summed E-state index contributed by atoms with van der Waals surface area (Å²) >= 11 is 0. The predicted molar refractivity (Wildman–Crippen MR) is 148 cm³/mol. The average Bonchev–Trinajstić information content (AvgIpc) is 3.20. The number of benzene rings is 3. The fourth-order valence-electron chi connectivity index (χ4n) is 4.93. The highest BCUT2D eigenvalue weighted by atomic mass is 16.5. The molecular weight excluding hydrogens is 460 g/mol. The van der Waals surface area contributed by atoms with E-state index in [0.717, 1.165) is 45.9 Å². The largest absolute Gasteiger partial charge is 0.493 e. The molecule has 0 aliphatic carbocycles. The van der Waals surface area contributed by atoms with Crippen molar-refractivity contribution in [1.82, 2.24) is 10.5 Å². The van der Waals surface area contributed by atoms with Crippen LogP contribution in [0.25, 0.3) is 11.1 Å². The van der Waals surface area contributed by atoms with E-state index >= 15 is 0 Å². The van der Waals surface area contributed by atoms with Crippen LogP contribution in [0.15, 0.2) is 71.3 Å². The lowest BCUT2D eigenvalue weighted by molar-refractivity contribution is -0.119. The van der Waals surface area contributed by atoms with Gasteiger partial charge in [-0.2, -0.15) is 0 Å². The number of ether oxygens (including phenoxy) is 1. The monoisotopic (exact) mass is 496 g/mol. The van der Waals surface area contributed by atoms with Gasteiger partial charge in [-0.25, -0.2) is 0 Å². The number of aryl methyl sites for hydroxylation is 2. The second kappa shape index (κ2) is 11.5. The van der Waals surface area contributed by atoms with Gasteiger partial charge in [0, 0.05) is 18.9 Å². The summed E-state index contributed by atoms with van der Waals surface area (Å²) in [6.45, 7) is 12.5. The molecule has 5 heteroatoms. The minimum absolute atomic E-state index is 0.0721. The highest BCUT2D eigenvalue weighted by molar-refractivity contribution is 5.76. The number of carbonyl (C=O) groups is 1. The maximum Gasteiger partial charge on any atom is 0.217 e. The van der Waals surface area contributed by atoms with Gasteiger partial charge in [0.05, 0.1) is 18.3 Å². The Balaban J connectivity index is 1.60. The van der Waals surface area contributed by atoms with Gasteiger partial charge in [0.25, 0.3) is 0 Å². The van der Waals surface area contributed by atoms with Crippen LogP contribution in [-0.4, -0.2) is 17.7 Å². The maximum absolute atomic E-state index is 12.2. The summed E-state index contributed by atoms with van der Waals surface area (Å²) in [5, 5.41) is 7.17. The van der Waals surface area contributed by atoms with Gasteiger partial charge >= 0.3 is 0 Å². The zero-order chi connectivity index (χ0) is 26.5. The standard InChI is InChI=1S/C32H36N2O3/c1-20(2)27-10-7-8-11-31(27)28-12-9-13-29(21(28)3)32(33-24(6)35)25-14-16-26(17-15-25)36-19-18-30-22(4)34-37-23(30)5/h7-17,20,32H,18-19H2,1-6H3,(H,33,35). The van der Waals surface area contributed by atoms with Crippen molar-refractivity contribution in [2.24, 2.45) is 0 Å². The molecule has 5 nitrogen and oxygen atoms in total. The van der Waals surface area contributed by atoms with Gasteiger partial charge < -0.3 is 14.6 Å².